The minimum absolute atomic E-state index is 0.0930. The second-order valence-corrected chi connectivity index (χ2v) is 12.8. The summed E-state index contributed by atoms with van der Waals surface area (Å²) in [6.45, 7) is 8.88. The highest BCUT2D eigenvalue weighted by Crippen LogP contribution is 2.71. The van der Waals surface area contributed by atoms with Crippen LogP contribution >= 0.6 is 11.8 Å². The van der Waals surface area contributed by atoms with Crippen molar-refractivity contribution in [2.75, 3.05) is 12.4 Å². The molecule has 3 fully saturated rings. The minimum atomic E-state index is -2.05. The average molecular weight is 551 g/mol. The van der Waals surface area contributed by atoms with Crippen LogP contribution in [0.1, 0.15) is 73.1 Å². The minimum Gasteiger partial charge on any atom is -0.458 e. The van der Waals surface area contributed by atoms with Gasteiger partial charge in [0, 0.05) is 29.6 Å². The number of alkyl halides is 1. The highest BCUT2D eigenvalue weighted by Gasteiger charge is 2.77. The molecule has 0 radical (unpaired) electrons. The summed E-state index contributed by atoms with van der Waals surface area (Å²) in [5, 5.41) is 11.0. The number of hydrogen-bond donors (Lipinski definition) is 1. The van der Waals surface area contributed by atoms with E-state index in [0.29, 0.717) is 24.8 Å². The molecule has 8 atom stereocenters. The Morgan fingerprint density at radius 1 is 1.24 bits per heavy atom. The molecule has 0 bridgehead atoms. The Bertz CT molecular complexity index is 1090. The predicted molar refractivity (Wildman–Crippen MR) is 141 cm³/mol. The lowest BCUT2D eigenvalue weighted by atomic mass is 9.44. The summed E-state index contributed by atoms with van der Waals surface area (Å²) in [7, 11) is 0. The Morgan fingerprint density at radius 3 is 2.61 bits per heavy atom. The average Bonchev–Trinajstić information content (AvgIpc) is 3.06. The van der Waals surface area contributed by atoms with Gasteiger partial charge in [-0.25, -0.2) is 9.18 Å². The van der Waals surface area contributed by atoms with Gasteiger partial charge in [-0.1, -0.05) is 38.8 Å². The van der Waals surface area contributed by atoms with E-state index in [9.17, 15) is 24.3 Å². The number of aliphatic hydroxyl groups excluding tert-OH is 1. The number of carbonyl (C=O) groups excluding carboxylic acids is 4. The second-order valence-electron chi connectivity index (χ2n) is 11.9. The van der Waals surface area contributed by atoms with Gasteiger partial charge in [0.25, 0.3) is 0 Å². The molecule has 210 valence electrons. The normalized spacial score (nSPS) is 41.4. The molecule has 0 aliphatic heterocycles. The molecular formula is C29H39FO7S. The van der Waals surface area contributed by atoms with E-state index in [4.69, 9.17) is 9.47 Å². The monoisotopic (exact) mass is 550 g/mol. The van der Waals surface area contributed by atoms with Gasteiger partial charge in [0.15, 0.2) is 22.8 Å². The molecular weight excluding hydrogens is 511 g/mol. The number of Topliss-reactive ketones (excluding diaryl/α,β-unsaturated/α-hetero) is 1. The highest BCUT2D eigenvalue weighted by molar-refractivity contribution is 8.13. The largest absolute Gasteiger partial charge is 0.458 e. The zero-order valence-electron chi connectivity index (χ0n) is 22.9. The zero-order chi connectivity index (χ0) is 28.1. The smallest absolute Gasteiger partial charge is 0.367 e. The number of esters is 1. The molecule has 38 heavy (non-hydrogen) atoms. The summed E-state index contributed by atoms with van der Waals surface area (Å²) < 4.78 is 28.5. The maximum Gasteiger partial charge on any atom is 0.367 e. The van der Waals surface area contributed by atoms with Crippen molar-refractivity contribution < 1.29 is 38.1 Å². The maximum absolute atomic E-state index is 17.4. The van der Waals surface area contributed by atoms with E-state index in [0.717, 1.165) is 24.6 Å². The van der Waals surface area contributed by atoms with Crippen LogP contribution in [0, 0.1) is 28.6 Å². The molecule has 4 aliphatic carbocycles. The Labute approximate surface area is 228 Å². The number of rotatable bonds is 7. The fraction of sp³-hybridized carbons (Fsp3) is 0.724. The third kappa shape index (κ3) is 4.10. The number of hydrogen-bond acceptors (Lipinski definition) is 8. The molecule has 7 nitrogen and oxygen atoms in total. The van der Waals surface area contributed by atoms with Crippen LogP contribution in [0.15, 0.2) is 23.8 Å². The molecule has 3 saturated carbocycles. The van der Waals surface area contributed by atoms with Gasteiger partial charge in [0.2, 0.25) is 0 Å². The molecule has 0 aromatic carbocycles. The van der Waals surface area contributed by atoms with Gasteiger partial charge >= 0.3 is 11.3 Å². The van der Waals surface area contributed by atoms with Gasteiger partial charge in [-0.3, -0.25) is 14.4 Å². The van der Waals surface area contributed by atoms with E-state index in [2.05, 4.69) is 0 Å². The Balaban J connectivity index is 1.69. The standard InChI is InChI=1S/C29H39FO7S/c1-6-7-12-36-25(35)38-16-24(34)29(37-18(3)31)17(2)13-22-21-9-8-19-14-20(32)10-11-26(19,4)28(21,30)23(33)15-27(22,29)5/h10-11,14,17,21-23,33H,6-9,12-13,15-16H2,1-5H3/t17-,21-,22-,23-,26-,27-,28-,29-/m0/s1. The van der Waals surface area contributed by atoms with E-state index in [1.54, 1.807) is 13.0 Å². The van der Waals surface area contributed by atoms with Crippen molar-refractivity contribution in [2.24, 2.45) is 28.6 Å². The van der Waals surface area contributed by atoms with Crippen molar-refractivity contribution in [2.45, 2.75) is 90.5 Å². The molecule has 0 unspecified atom stereocenters. The molecule has 0 aromatic rings. The topological polar surface area (TPSA) is 107 Å². The molecule has 0 heterocycles. The third-order valence-corrected chi connectivity index (χ3v) is 10.7. The number of ketones is 2. The van der Waals surface area contributed by atoms with E-state index < -0.39 is 57.1 Å². The molecule has 4 rings (SSSR count). The number of fused-ring (bicyclic) bond motifs is 5. The number of halogens is 1. The van der Waals surface area contributed by atoms with Crippen LogP contribution in [0.25, 0.3) is 0 Å². The quantitative estimate of drug-likeness (QED) is 0.343. The van der Waals surface area contributed by atoms with Crippen LogP contribution in [0.4, 0.5) is 9.18 Å². The van der Waals surface area contributed by atoms with Gasteiger partial charge in [-0.05, 0) is 68.9 Å². The van der Waals surface area contributed by atoms with E-state index in [1.165, 1.54) is 19.1 Å². The van der Waals surface area contributed by atoms with E-state index >= 15 is 4.39 Å². The first-order valence-corrected chi connectivity index (χ1v) is 14.6. The van der Waals surface area contributed by atoms with Crippen LogP contribution < -0.4 is 0 Å². The molecule has 0 amide bonds. The lowest BCUT2D eigenvalue weighted by molar-refractivity contribution is -0.226. The number of unbranched alkanes of at least 4 members (excludes halogenated alkanes) is 1. The first-order valence-electron chi connectivity index (χ1n) is 13.6. The van der Waals surface area contributed by atoms with E-state index in [-0.39, 0.29) is 30.5 Å². The van der Waals surface area contributed by atoms with Crippen LogP contribution in [0.3, 0.4) is 0 Å². The Morgan fingerprint density at radius 2 is 1.95 bits per heavy atom. The van der Waals surface area contributed by atoms with Gasteiger partial charge < -0.3 is 14.6 Å². The molecule has 0 saturated heterocycles. The van der Waals surface area contributed by atoms with Crippen LogP contribution in [0.2, 0.25) is 0 Å². The lowest BCUT2D eigenvalue weighted by Crippen LogP contribution is -2.70. The first-order chi connectivity index (χ1) is 17.8. The summed E-state index contributed by atoms with van der Waals surface area (Å²) in [6.07, 6.45) is 5.83. The summed E-state index contributed by atoms with van der Waals surface area (Å²) in [5.41, 5.74) is -5.18. The molecule has 9 heteroatoms. The predicted octanol–water partition coefficient (Wildman–Crippen LogP) is 5.14. The van der Waals surface area contributed by atoms with Gasteiger partial charge in [-0.2, -0.15) is 0 Å². The zero-order valence-corrected chi connectivity index (χ0v) is 23.7. The summed E-state index contributed by atoms with van der Waals surface area (Å²) in [4.78, 5) is 50.7. The van der Waals surface area contributed by atoms with Crippen LogP contribution in [0.5, 0.6) is 0 Å². The van der Waals surface area contributed by atoms with Crippen molar-refractivity contribution in [3.63, 3.8) is 0 Å². The van der Waals surface area contributed by atoms with Gasteiger partial charge in [-0.15, -0.1) is 0 Å². The molecule has 4 aliphatic rings. The first kappa shape index (κ1) is 29.0. The lowest BCUT2D eigenvalue weighted by Gasteiger charge is -2.62. The summed E-state index contributed by atoms with van der Waals surface area (Å²) in [6, 6.07) is 0. The molecule has 0 aromatic heterocycles. The second kappa shape index (κ2) is 10.2. The maximum atomic E-state index is 17.4. The van der Waals surface area contributed by atoms with Gasteiger partial charge in [0.05, 0.1) is 18.5 Å². The number of allylic oxidation sites excluding steroid dienone is 4. The van der Waals surface area contributed by atoms with Crippen molar-refractivity contribution in [1.82, 2.24) is 0 Å². The Hall–Kier alpha value is -2.00. The third-order valence-electron chi connectivity index (χ3n) is 9.94. The van der Waals surface area contributed by atoms with Crippen LogP contribution in [-0.4, -0.2) is 57.7 Å². The number of carbonyl (C=O) groups is 4. The fourth-order valence-electron chi connectivity index (χ4n) is 8.20. The van der Waals surface area contributed by atoms with E-state index in [1.807, 2.05) is 20.8 Å². The van der Waals surface area contributed by atoms with Crippen molar-refractivity contribution in [3.05, 3.63) is 23.8 Å². The Kier molecular flexibility index (Phi) is 7.78. The molecule has 1 N–H and O–H groups in total. The van der Waals surface area contributed by atoms with Crippen molar-refractivity contribution in [3.8, 4) is 0 Å². The summed E-state index contributed by atoms with van der Waals surface area (Å²) >= 11 is 0.738. The van der Waals surface area contributed by atoms with Crippen molar-refractivity contribution >= 4 is 34.6 Å². The SMILES string of the molecule is CCCCOC(=O)SCC(=O)[C@@]1(OC(C)=O)[C@@H](C)C[C@H]2[C@@H]3CCC4=CC(=O)C=C[C@]4(C)[C@@]3(F)[C@@H](O)C[C@@]21C. The van der Waals surface area contributed by atoms with Crippen molar-refractivity contribution in [1.29, 1.82) is 0 Å². The van der Waals surface area contributed by atoms with Crippen LogP contribution in [-0.2, 0) is 23.9 Å². The fourth-order valence-corrected chi connectivity index (χ4v) is 8.83. The summed E-state index contributed by atoms with van der Waals surface area (Å²) in [5.74, 6) is -2.92. The number of ether oxygens (including phenoxy) is 2. The highest BCUT2D eigenvalue weighted by atomic mass is 32.2. The van der Waals surface area contributed by atoms with Gasteiger partial charge in [0.1, 0.15) is 0 Å². The molecule has 0 spiro atoms. The number of aliphatic hydroxyl groups is 1. The number of thioether (sulfide) groups is 1.